The zero-order valence-electron chi connectivity index (χ0n) is 13.1. The van der Waals surface area contributed by atoms with Crippen molar-refractivity contribution in [3.63, 3.8) is 0 Å². The van der Waals surface area contributed by atoms with Gasteiger partial charge in [-0.05, 0) is 33.0 Å². The van der Waals surface area contributed by atoms with Crippen molar-refractivity contribution < 1.29 is 4.79 Å². The average molecular weight is 369 g/mol. The summed E-state index contributed by atoms with van der Waals surface area (Å²) in [5.74, 6) is -0.0207. The second kappa shape index (κ2) is 11.2. The maximum absolute atomic E-state index is 11.9. The molecule has 1 aliphatic heterocycles. The molecule has 1 aromatic heterocycles. The van der Waals surface area contributed by atoms with Crippen LogP contribution in [0.1, 0.15) is 31.9 Å². The molecule has 1 amide bonds. The van der Waals surface area contributed by atoms with E-state index < -0.39 is 0 Å². The third-order valence-electron chi connectivity index (χ3n) is 3.57. The van der Waals surface area contributed by atoms with Crippen LogP contribution in [0.3, 0.4) is 0 Å². The first-order chi connectivity index (χ1) is 9.69. The molecule has 0 spiro atoms. The van der Waals surface area contributed by atoms with E-state index >= 15 is 0 Å². The zero-order chi connectivity index (χ0) is 14.4. The Hall–Kier alpha value is -0.400. The van der Waals surface area contributed by atoms with Crippen LogP contribution in [0.4, 0.5) is 5.13 Å². The molecule has 2 N–H and O–H groups in total. The van der Waals surface area contributed by atoms with Crippen LogP contribution in [-0.4, -0.2) is 42.5 Å². The average Bonchev–Trinajstić information content (AvgIpc) is 2.87. The van der Waals surface area contributed by atoms with E-state index in [1.54, 1.807) is 0 Å². The highest BCUT2D eigenvalue weighted by atomic mass is 35.5. The third-order valence-corrected chi connectivity index (χ3v) is 4.38. The number of rotatable bonds is 6. The lowest BCUT2D eigenvalue weighted by Crippen LogP contribution is -2.29. The largest absolute Gasteiger partial charge is 0.319 e. The van der Waals surface area contributed by atoms with E-state index in [9.17, 15) is 4.79 Å². The van der Waals surface area contributed by atoms with E-state index in [1.807, 2.05) is 19.4 Å². The van der Waals surface area contributed by atoms with E-state index in [0.717, 1.165) is 12.2 Å². The lowest BCUT2D eigenvalue weighted by molar-refractivity contribution is -0.119. The number of piperidine rings is 1. The summed E-state index contributed by atoms with van der Waals surface area (Å²) < 4.78 is 0. The predicted molar refractivity (Wildman–Crippen MR) is 97.5 cm³/mol. The summed E-state index contributed by atoms with van der Waals surface area (Å²) >= 11 is 1.51. The van der Waals surface area contributed by atoms with Crippen LogP contribution in [0.25, 0.3) is 0 Å². The summed E-state index contributed by atoms with van der Waals surface area (Å²) in [6, 6.07) is 0. The summed E-state index contributed by atoms with van der Waals surface area (Å²) in [5.41, 5.74) is 1.06. The molecule has 2 rings (SSSR count). The fraction of sp³-hybridized carbons (Fsp3) is 0.714. The number of hydrogen-bond donors (Lipinski definition) is 2. The van der Waals surface area contributed by atoms with Gasteiger partial charge in [-0.3, -0.25) is 9.69 Å². The number of carbonyl (C=O) groups excluding carboxylic acids is 1. The molecule has 2 heterocycles. The molecule has 0 aliphatic carbocycles. The molecule has 1 aromatic rings. The number of hydrogen-bond acceptors (Lipinski definition) is 5. The van der Waals surface area contributed by atoms with Gasteiger partial charge in [0.2, 0.25) is 5.91 Å². The van der Waals surface area contributed by atoms with Crippen LogP contribution < -0.4 is 10.6 Å². The van der Waals surface area contributed by atoms with Crippen molar-refractivity contribution in [1.82, 2.24) is 15.2 Å². The zero-order valence-corrected chi connectivity index (χ0v) is 15.6. The number of likely N-dealkylation sites (tertiary alicyclic amines) is 1. The molecule has 0 radical (unpaired) electrons. The molecule has 1 fully saturated rings. The second-order valence-corrected chi connectivity index (χ2v) is 6.29. The Bertz CT molecular complexity index is 438. The van der Waals surface area contributed by atoms with Gasteiger partial charge in [0, 0.05) is 24.4 Å². The highest BCUT2D eigenvalue weighted by Gasteiger charge is 2.15. The molecule has 0 aromatic carbocycles. The van der Waals surface area contributed by atoms with E-state index in [1.165, 1.54) is 43.7 Å². The SMILES string of the molecule is CNCC(C)C(=O)Nc1nc(CN2CCCCC2)cs1.Cl.Cl. The quantitative estimate of drug-likeness (QED) is 0.810. The number of anilines is 1. The van der Waals surface area contributed by atoms with Gasteiger partial charge in [-0.15, -0.1) is 36.2 Å². The normalized spacial score (nSPS) is 16.3. The lowest BCUT2D eigenvalue weighted by Gasteiger charge is -2.25. The lowest BCUT2D eigenvalue weighted by atomic mass is 10.1. The van der Waals surface area contributed by atoms with Gasteiger partial charge in [0.05, 0.1) is 5.69 Å². The van der Waals surface area contributed by atoms with Crippen molar-refractivity contribution in [2.75, 3.05) is 32.0 Å². The van der Waals surface area contributed by atoms with Gasteiger partial charge in [-0.25, -0.2) is 4.98 Å². The Morgan fingerprint density at radius 3 is 2.68 bits per heavy atom. The first-order valence-electron chi connectivity index (χ1n) is 7.31. The first-order valence-corrected chi connectivity index (χ1v) is 8.19. The van der Waals surface area contributed by atoms with Crippen LogP contribution in [-0.2, 0) is 11.3 Å². The van der Waals surface area contributed by atoms with Gasteiger partial charge in [0.1, 0.15) is 0 Å². The molecule has 128 valence electrons. The fourth-order valence-electron chi connectivity index (χ4n) is 2.41. The number of carbonyl (C=O) groups is 1. The van der Waals surface area contributed by atoms with Crippen molar-refractivity contribution in [3.05, 3.63) is 11.1 Å². The molecule has 1 atom stereocenters. The van der Waals surface area contributed by atoms with Crippen molar-refractivity contribution in [2.45, 2.75) is 32.7 Å². The summed E-state index contributed by atoms with van der Waals surface area (Å²) in [7, 11) is 1.85. The van der Waals surface area contributed by atoms with Gasteiger partial charge in [0.15, 0.2) is 5.13 Å². The highest BCUT2D eigenvalue weighted by Crippen LogP contribution is 2.19. The van der Waals surface area contributed by atoms with E-state index in [2.05, 4.69) is 20.5 Å². The molecular weight excluding hydrogens is 343 g/mol. The minimum Gasteiger partial charge on any atom is -0.319 e. The van der Waals surface area contributed by atoms with Crippen LogP contribution in [0.2, 0.25) is 0 Å². The number of thiazole rings is 1. The number of halogens is 2. The number of nitrogens with one attached hydrogen (secondary N) is 2. The van der Waals surface area contributed by atoms with Crippen LogP contribution in [0, 0.1) is 5.92 Å². The third kappa shape index (κ3) is 6.79. The smallest absolute Gasteiger partial charge is 0.230 e. The summed E-state index contributed by atoms with van der Waals surface area (Å²) in [6.45, 7) is 5.82. The number of aromatic nitrogens is 1. The number of amides is 1. The van der Waals surface area contributed by atoms with Crippen molar-refractivity contribution in [2.24, 2.45) is 5.92 Å². The second-order valence-electron chi connectivity index (χ2n) is 5.43. The Morgan fingerprint density at radius 2 is 2.05 bits per heavy atom. The minimum atomic E-state index is -0.0468. The van der Waals surface area contributed by atoms with E-state index in [-0.39, 0.29) is 36.6 Å². The maximum Gasteiger partial charge on any atom is 0.230 e. The monoisotopic (exact) mass is 368 g/mol. The topological polar surface area (TPSA) is 57.3 Å². The van der Waals surface area contributed by atoms with Crippen LogP contribution >= 0.6 is 36.2 Å². The minimum absolute atomic E-state index is 0. The number of nitrogens with zero attached hydrogens (tertiary/aromatic N) is 2. The van der Waals surface area contributed by atoms with Crippen LogP contribution in [0.5, 0.6) is 0 Å². The van der Waals surface area contributed by atoms with Gasteiger partial charge in [-0.1, -0.05) is 13.3 Å². The molecule has 0 bridgehead atoms. The predicted octanol–water partition coefficient (Wildman–Crippen LogP) is 2.77. The van der Waals surface area contributed by atoms with Gasteiger partial charge < -0.3 is 10.6 Å². The van der Waals surface area contributed by atoms with Gasteiger partial charge in [0.25, 0.3) is 0 Å². The Labute approximate surface area is 149 Å². The highest BCUT2D eigenvalue weighted by molar-refractivity contribution is 7.13. The Balaban J connectivity index is 0.00000220. The molecule has 8 heteroatoms. The molecule has 22 heavy (non-hydrogen) atoms. The fourth-order valence-corrected chi connectivity index (χ4v) is 3.12. The summed E-state index contributed by atoms with van der Waals surface area (Å²) in [4.78, 5) is 18.9. The molecular formula is C14H26Cl2N4OS. The Kier molecular flexibility index (Phi) is 11.0. The van der Waals surface area contributed by atoms with Crippen molar-refractivity contribution in [3.8, 4) is 0 Å². The summed E-state index contributed by atoms with van der Waals surface area (Å²) in [6.07, 6.45) is 3.92. The van der Waals surface area contributed by atoms with Gasteiger partial charge >= 0.3 is 0 Å². The summed E-state index contributed by atoms with van der Waals surface area (Å²) in [5, 5.41) is 8.66. The van der Waals surface area contributed by atoms with Crippen molar-refractivity contribution in [1.29, 1.82) is 0 Å². The van der Waals surface area contributed by atoms with Crippen LogP contribution in [0.15, 0.2) is 5.38 Å². The Morgan fingerprint density at radius 1 is 1.36 bits per heavy atom. The first kappa shape index (κ1) is 21.6. The van der Waals surface area contributed by atoms with Gasteiger partial charge in [-0.2, -0.15) is 0 Å². The molecule has 1 saturated heterocycles. The van der Waals surface area contributed by atoms with E-state index in [0.29, 0.717) is 11.7 Å². The molecule has 5 nitrogen and oxygen atoms in total. The van der Waals surface area contributed by atoms with E-state index in [4.69, 9.17) is 0 Å². The molecule has 1 aliphatic rings. The molecule has 1 unspecified atom stereocenters. The van der Waals surface area contributed by atoms with Crippen molar-refractivity contribution >= 4 is 47.2 Å². The molecule has 0 saturated carbocycles. The standard InChI is InChI=1S/C14H24N4OS.2ClH/c1-11(8-15-2)13(19)17-14-16-12(10-20-14)9-18-6-4-3-5-7-18;;/h10-11,15H,3-9H2,1-2H3,(H,16,17,19);2*1H. The maximum atomic E-state index is 11.9.